The van der Waals surface area contributed by atoms with E-state index in [1.165, 1.54) is 32.4 Å². The van der Waals surface area contributed by atoms with Crippen LogP contribution in [0.25, 0.3) is 11.1 Å². The standard InChI is InChI=1S/C38H41ClN4O3/c1-26-10-4-6-12-30(26)31-23-36(46-2)32(22-33(31)39)37(44)43-25-29-14-15-35(42(29)24-27-11-5-7-13-34(27)43)38(45)41-20-16-28(17-21-41)40-18-8-3-9-19-40/h4-7,10-15,22-23,28H,3,8-9,16-21,24-25H2,1-2H3. The number of aromatic nitrogens is 1. The second-order valence-electron chi connectivity index (χ2n) is 12.8. The van der Waals surface area contributed by atoms with Crippen LogP contribution in [0.4, 0.5) is 5.69 Å². The molecule has 7 rings (SSSR count). The Morgan fingerprint density at radius 3 is 2.30 bits per heavy atom. The number of methoxy groups -OCH3 is 1. The number of hydrogen-bond donors (Lipinski definition) is 0. The number of carbonyl (C=O) groups is 2. The molecule has 1 aromatic heterocycles. The van der Waals surface area contributed by atoms with Crippen molar-refractivity contribution in [2.45, 2.75) is 58.2 Å². The Morgan fingerprint density at radius 2 is 1.54 bits per heavy atom. The number of para-hydroxylation sites is 1. The van der Waals surface area contributed by atoms with E-state index >= 15 is 0 Å². The highest BCUT2D eigenvalue weighted by molar-refractivity contribution is 6.34. The van der Waals surface area contributed by atoms with Gasteiger partial charge in [0.2, 0.25) is 0 Å². The Kier molecular flexibility index (Phi) is 8.62. The highest BCUT2D eigenvalue weighted by atomic mass is 35.5. The lowest BCUT2D eigenvalue weighted by Gasteiger charge is -2.40. The fourth-order valence-electron chi connectivity index (χ4n) is 7.52. The Bertz CT molecular complexity index is 1770. The lowest BCUT2D eigenvalue weighted by atomic mass is 9.98. The van der Waals surface area contributed by atoms with E-state index in [1.807, 2.05) is 78.6 Å². The normalized spacial score (nSPS) is 17.3. The third-order valence-electron chi connectivity index (χ3n) is 10.1. The fourth-order valence-corrected chi connectivity index (χ4v) is 7.79. The highest BCUT2D eigenvalue weighted by Crippen LogP contribution is 2.38. The van der Waals surface area contributed by atoms with E-state index in [-0.39, 0.29) is 11.8 Å². The van der Waals surface area contributed by atoms with Crippen LogP contribution in [0.5, 0.6) is 5.75 Å². The van der Waals surface area contributed by atoms with Gasteiger partial charge in [-0.3, -0.25) is 9.59 Å². The molecule has 0 bridgehead atoms. The summed E-state index contributed by atoms with van der Waals surface area (Å²) < 4.78 is 7.88. The van der Waals surface area contributed by atoms with Crippen molar-refractivity contribution in [2.24, 2.45) is 0 Å². The van der Waals surface area contributed by atoms with Gasteiger partial charge in [-0.15, -0.1) is 0 Å². The molecule has 0 spiro atoms. The third kappa shape index (κ3) is 5.71. The molecule has 0 radical (unpaired) electrons. The minimum atomic E-state index is -0.204. The molecule has 7 nitrogen and oxygen atoms in total. The number of hydrogen-bond acceptors (Lipinski definition) is 4. The number of nitrogens with zero attached hydrogens (tertiary/aromatic N) is 4. The molecule has 3 aromatic carbocycles. The molecule has 238 valence electrons. The molecule has 4 heterocycles. The van der Waals surface area contributed by atoms with Crippen molar-refractivity contribution in [3.63, 3.8) is 0 Å². The average molecular weight is 637 g/mol. The van der Waals surface area contributed by atoms with Crippen molar-refractivity contribution in [2.75, 3.05) is 38.2 Å². The van der Waals surface area contributed by atoms with Crippen molar-refractivity contribution in [1.82, 2.24) is 14.4 Å². The number of rotatable bonds is 5. The number of benzene rings is 3. The van der Waals surface area contributed by atoms with Crippen LogP contribution in [-0.4, -0.2) is 65.5 Å². The molecule has 0 unspecified atom stereocenters. The smallest absolute Gasteiger partial charge is 0.270 e. The second-order valence-corrected chi connectivity index (χ2v) is 13.2. The lowest BCUT2D eigenvalue weighted by molar-refractivity contribution is 0.0580. The topological polar surface area (TPSA) is 58.0 Å². The summed E-state index contributed by atoms with van der Waals surface area (Å²) in [5, 5.41) is 0.488. The minimum absolute atomic E-state index is 0.0702. The zero-order chi connectivity index (χ0) is 31.8. The first-order chi connectivity index (χ1) is 22.4. The first kappa shape index (κ1) is 30.6. The molecular weight excluding hydrogens is 596 g/mol. The number of halogens is 1. The first-order valence-corrected chi connectivity index (χ1v) is 16.9. The number of amides is 2. The molecular formula is C38H41ClN4O3. The van der Waals surface area contributed by atoms with E-state index in [2.05, 4.69) is 9.47 Å². The fraction of sp³-hybridized carbons (Fsp3) is 0.368. The SMILES string of the molecule is COc1cc(-c2ccccc2C)c(Cl)cc1C(=O)N1Cc2ccc(C(=O)N3CCC(N4CCCCC4)CC3)n2Cc2ccccc21. The molecule has 3 aliphatic heterocycles. The van der Waals surface area contributed by atoms with Crippen LogP contribution in [0.15, 0.2) is 72.8 Å². The Labute approximate surface area is 276 Å². The number of likely N-dealkylation sites (tertiary alicyclic amines) is 2. The van der Waals surface area contributed by atoms with Gasteiger partial charge < -0.3 is 24.0 Å². The second kappa shape index (κ2) is 13.0. The molecule has 8 heteroatoms. The lowest BCUT2D eigenvalue weighted by Crippen LogP contribution is -2.48. The quantitative estimate of drug-likeness (QED) is 0.229. The molecule has 2 fully saturated rings. The maximum Gasteiger partial charge on any atom is 0.270 e. The summed E-state index contributed by atoms with van der Waals surface area (Å²) in [5.41, 5.74) is 6.69. The summed E-state index contributed by atoms with van der Waals surface area (Å²) in [7, 11) is 1.58. The summed E-state index contributed by atoms with van der Waals surface area (Å²) in [6.07, 6.45) is 5.96. The van der Waals surface area contributed by atoms with E-state index in [0.717, 1.165) is 59.6 Å². The van der Waals surface area contributed by atoms with Crippen molar-refractivity contribution >= 4 is 29.1 Å². The Balaban J connectivity index is 1.17. The van der Waals surface area contributed by atoms with Crippen LogP contribution in [0, 0.1) is 6.92 Å². The van der Waals surface area contributed by atoms with E-state index in [1.54, 1.807) is 18.1 Å². The van der Waals surface area contributed by atoms with Gasteiger partial charge >= 0.3 is 0 Å². The van der Waals surface area contributed by atoms with Gasteiger partial charge in [-0.05, 0) is 92.7 Å². The average Bonchev–Trinajstić information content (AvgIpc) is 3.41. The summed E-state index contributed by atoms with van der Waals surface area (Å²) in [5.74, 6) is 0.333. The van der Waals surface area contributed by atoms with Crippen molar-refractivity contribution in [3.05, 3.63) is 106 Å². The maximum atomic E-state index is 14.4. The van der Waals surface area contributed by atoms with Crippen molar-refractivity contribution in [1.29, 1.82) is 0 Å². The number of anilines is 1. The number of fused-ring (bicyclic) bond motifs is 2. The van der Waals surface area contributed by atoms with E-state index in [4.69, 9.17) is 16.3 Å². The summed E-state index contributed by atoms with van der Waals surface area (Å²) in [4.78, 5) is 34.8. The van der Waals surface area contributed by atoms with Crippen LogP contribution in [0.2, 0.25) is 5.02 Å². The first-order valence-electron chi connectivity index (χ1n) is 16.5. The van der Waals surface area contributed by atoms with Gasteiger partial charge in [0.15, 0.2) is 0 Å². The number of aryl methyl sites for hydroxylation is 1. The zero-order valence-electron chi connectivity index (χ0n) is 26.7. The van der Waals surface area contributed by atoms with E-state index in [9.17, 15) is 9.59 Å². The Hall–Kier alpha value is -4.07. The molecule has 4 aromatic rings. The van der Waals surface area contributed by atoms with Crippen LogP contribution in [0.1, 0.15) is 69.8 Å². The van der Waals surface area contributed by atoms with Crippen LogP contribution in [-0.2, 0) is 13.1 Å². The summed E-state index contributed by atoms with van der Waals surface area (Å²) in [6, 6.07) is 24.0. The Morgan fingerprint density at radius 1 is 0.804 bits per heavy atom. The third-order valence-corrected chi connectivity index (χ3v) is 10.4. The maximum absolute atomic E-state index is 14.4. The van der Waals surface area contributed by atoms with E-state index in [0.29, 0.717) is 41.2 Å². The van der Waals surface area contributed by atoms with Gasteiger partial charge in [-0.1, -0.05) is 60.5 Å². The molecule has 2 saturated heterocycles. The molecule has 3 aliphatic rings. The van der Waals surface area contributed by atoms with Crippen LogP contribution < -0.4 is 9.64 Å². The summed E-state index contributed by atoms with van der Waals surface area (Å²) in [6.45, 7) is 6.81. The monoisotopic (exact) mass is 636 g/mol. The highest BCUT2D eigenvalue weighted by Gasteiger charge is 2.32. The van der Waals surface area contributed by atoms with E-state index < -0.39 is 0 Å². The van der Waals surface area contributed by atoms with Gasteiger partial charge in [0, 0.05) is 41.1 Å². The van der Waals surface area contributed by atoms with Gasteiger partial charge in [0.05, 0.1) is 25.8 Å². The van der Waals surface area contributed by atoms with Crippen molar-refractivity contribution in [3.8, 4) is 16.9 Å². The van der Waals surface area contributed by atoms with Crippen LogP contribution in [0.3, 0.4) is 0 Å². The summed E-state index contributed by atoms with van der Waals surface area (Å²) >= 11 is 6.85. The number of carbonyl (C=O) groups excluding carboxylic acids is 2. The molecule has 46 heavy (non-hydrogen) atoms. The predicted molar refractivity (Wildman–Crippen MR) is 183 cm³/mol. The largest absolute Gasteiger partial charge is 0.496 e. The number of ether oxygens (including phenoxy) is 1. The molecule has 0 aliphatic carbocycles. The van der Waals surface area contributed by atoms with Gasteiger partial charge in [-0.25, -0.2) is 0 Å². The van der Waals surface area contributed by atoms with Crippen molar-refractivity contribution < 1.29 is 14.3 Å². The number of piperidine rings is 2. The molecule has 0 N–H and O–H groups in total. The minimum Gasteiger partial charge on any atom is -0.496 e. The van der Waals surface area contributed by atoms with Gasteiger partial charge in [-0.2, -0.15) is 0 Å². The van der Waals surface area contributed by atoms with Gasteiger partial charge in [0.25, 0.3) is 11.8 Å². The predicted octanol–water partition coefficient (Wildman–Crippen LogP) is 7.42. The molecule has 2 amide bonds. The molecule has 0 saturated carbocycles. The zero-order valence-corrected chi connectivity index (χ0v) is 27.4. The van der Waals surface area contributed by atoms with Gasteiger partial charge in [0.1, 0.15) is 11.4 Å². The van der Waals surface area contributed by atoms with Crippen LogP contribution >= 0.6 is 11.6 Å². The molecule has 0 atom stereocenters.